The first-order valence-corrected chi connectivity index (χ1v) is 5.05. The van der Waals surface area contributed by atoms with E-state index < -0.39 is 6.10 Å². The Labute approximate surface area is 83.6 Å². The van der Waals surface area contributed by atoms with E-state index in [1.165, 1.54) is 0 Å². The lowest BCUT2D eigenvalue weighted by Crippen LogP contribution is -2.16. The van der Waals surface area contributed by atoms with Gasteiger partial charge in [-0.15, -0.1) is 0 Å². The minimum Gasteiger partial charge on any atom is -0.388 e. The van der Waals surface area contributed by atoms with Crippen LogP contribution in [0.1, 0.15) is 30.9 Å². The molecule has 0 aromatic heterocycles. The summed E-state index contributed by atoms with van der Waals surface area (Å²) in [4.78, 5) is 11.4. The molecule has 0 unspecified atom stereocenters. The quantitative estimate of drug-likeness (QED) is 0.775. The highest BCUT2D eigenvalue weighted by Gasteiger charge is 2.31. The van der Waals surface area contributed by atoms with Crippen LogP contribution in [0.15, 0.2) is 30.3 Å². The summed E-state index contributed by atoms with van der Waals surface area (Å²) in [6, 6.07) is 9.43. The molecular weight excluding hydrogens is 176 g/mol. The fraction of sp³-hybridized carbons (Fsp3) is 0.417. The van der Waals surface area contributed by atoms with Crippen LogP contribution in [-0.2, 0) is 4.79 Å². The smallest absolute Gasteiger partial charge is 0.138 e. The van der Waals surface area contributed by atoms with Gasteiger partial charge in [-0.25, -0.2) is 0 Å². The summed E-state index contributed by atoms with van der Waals surface area (Å²) in [6.07, 6.45) is 1.78. The fourth-order valence-electron chi connectivity index (χ4n) is 2.06. The van der Waals surface area contributed by atoms with Gasteiger partial charge in [0.2, 0.25) is 0 Å². The number of hydrogen-bond donors (Lipinski definition) is 1. The van der Waals surface area contributed by atoms with Crippen LogP contribution in [0, 0.1) is 5.92 Å². The summed E-state index contributed by atoms with van der Waals surface area (Å²) in [5, 5.41) is 9.97. The van der Waals surface area contributed by atoms with E-state index in [4.69, 9.17) is 0 Å². The van der Waals surface area contributed by atoms with Crippen LogP contribution in [0.5, 0.6) is 0 Å². The maximum atomic E-state index is 11.4. The Morgan fingerprint density at radius 1 is 1.29 bits per heavy atom. The van der Waals surface area contributed by atoms with Crippen molar-refractivity contribution in [2.75, 3.05) is 0 Å². The van der Waals surface area contributed by atoms with Crippen molar-refractivity contribution in [2.45, 2.75) is 25.4 Å². The van der Waals surface area contributed by atoms with Gasteiger partial charge >= 0.3 is 0 Å². The van der Waals surface area contributed by atoms with E-state index in [1.807, 2.05) is 30.3 Å². The number of carbonyl (C=O) groups excluding carboxylic acids is 1. The van der Waals surface area contributed by atoms with Gasteiger partial charge < -0.3 is 5.11 Å². The second-order valence-corrected chi connectivity index (χ2v) is 3.82. The predicted molar refractivity (Wildman–Crippen MR) is 53.7 cm³/mol. The molecule has 1 aliphatic carbocycles. The second-order valence-electron chi connectivity index (χ2n) is 3.82. The van der Waals surface area contributed by atoms with Crippen molar-refractivity contribution in [3.05, 3.63) is 35.9 Å². The van der Waals surface area contributed by atoms with E-state index in [1.54, 1.807) is 0 Å². The summed E-state index contributed by atoms with van der Waals surface area (Å²) in [7, 11) is 0. The van der Waals surface area contributed by atoms with Crippen LogP contribution < -0.4 is 0 Å². The molecule has 0 radical (unpaired) electrons. The Hall–Kier alpha value is -1.15. The van der Waals surface area contributed by atoms with Crippen LogP contribution in [0.3, 0.4) is 0 Å². The molecule has 0 heterocycles. The highest BCUT2D eigenvalue weighted by Crippen LogP contribution is 2.32. The van der Waals surface area contributed by atoms with Crippen molar-refractivity contribution in [1.82, 2.24) is 0 Å². The highest BCUT2D eigenvalue weighted by atomic mass is 16.3. The Kier molecular flexibility index (Phi) is 2.64. The van der Waals surface area contributed by atoms with Crippen LogP contribution >= 0.6 is 0 Å². The number of ketones is 1. The molecule has 74 valence electrons. The average molecular weight is 190 g/mol. The number of rotatable bonds is 2. The summed E-state index contributed by atoms with van der Waals surface area (Å²) >= 11 is 0. The van der Waals surface area contributed by atoms with E-state index in [0.717, 1.165) is 18.4 Å². The lowest BCUT2D eigenvalue weighted by atomic mass is 9.94. The van der Waals surface area contributed by atoms with E-state index in [0.29, 0.717) is 6.42 Å². The largest absolute Gasteiger partial charge is 0.388 e. The Bertz CT molecular complexity index is 318. The van der Waals surface area contributed by atoms with E-state index in [9.17, 15) is 9.90 Å². The van der Waals surface area contributed by atoms with Gasteiger partial charge in [-0.2, -0.15) is 0 Å². The first-order chi connectivity index (χ1) is 6.79. The van der Waals surface area contributed by atoms with E-state index >= 15 is 0 Å². The molecule has 2 rings (SSSR count). The molecule has 1 saturated carbocycles. The van der Waals surface area contributed by atoms with Crippen LogP contribution in [0.25, 0.3) is 0 Å². The number of hydrogen-bond acceptors (Lipinski definition) is 2. The first-order valence-electron chi connectivity index (χ1n) is 5.05. The topological polar surface area (TPSA) is 37.3 Å². The molecular formula is C12H14O2. The first kappa shape index (κ1) is 9.41. The number of aliphatic hydroxyl groups excluding tert-OH is 1. The van der Waals surface area contributed by atoms with Gasteiger partial charge in [-0.05, 0) is 18.4 Å². The molecule has 1 aromatic rings. The van der Waals surface area contributed by atoms with Crippen LogP contribution in [0.4, 0.5) is 0 Å². The number of benzene rings is 1. The second kappa shape index (κ2) is 3.93. The van der Waals surface area contributed by atoms with Crippen molar-refractivity contribution in [3.8, 4) is 0 Å². The standard InChI is InChI=1S/C12H14O2/c13-11-8-4-7-10(11)12(14)9-5-2-1-3-6-9/h1-3,5-6,10,12,14H,4,7-8H2/t10-,12+/m0/s1. The lowest BCUT2D eigenvalue weighted by Gasteiger charge is -2.16. The van der Waals surface area contributed by atoms with Gasteiger partial charge in [0.05, 0.1) is 6.10 Å². The molecule has 2 atom stereocenters. The third kappa shape index (κ3) is 1.70. The number of Topliss-reactive ketones (excluding diaryl/α,β-unsaturated/α-hetero) is 1. The predicted octanol–water partition coefficient (Wildman–Crippen LogP) is 2.09. The monoisotopic (exact) mass is 190 g/mol. The highest BCUT2D eigenvalue weighted by molar-refractivity contribution is 5.83. The maximum absolute atomic E-state index is 11.4. The van der Waals surface area contributed by atoms with Gasteiger partial charge in [0.1, 0.15) is 5.78 Å². The summed E-state index contributed by atoms with van der Waals surface area (Å²) in [5.74, 6) is 0.0405. The Balaban J connectivity index is 2.16. The molecule has 2 nitrogen and oxygen atoms in total. The number of aliphatic hydroxyl groups is 1. The number of carbonyl (C=O) groups is 1. The molecule has 2 heteroatoms. The normalized spacial score (nSPS) is 23.8. The molecule has 1 fully saturated rings. The van der Waals surface area contributed by atoms with Crippen molar-refractivity contribution < 1.29 is 9.90 Å². The lowest BCUT2D eigenvalue weighted by molar-refractivity contribution is -0.123. The van der Waals surface area contributed by atoms with Crippen LogP contribution in [0.2, 0.25) is 0 Å². The van der Waals surface area contributed by atoms with Gasteiger partial charge in [-0.1, -0.05) is 30.3 Å². The third-order valence-corrected chi connectivity index (χ3v) is 2.87. The van der Waals surface area contributed by atoms with E-state index in [2.05, 4.69) is 0 Å². The van der Waals surface area contributed by atoms with Crippen molar-refractivity contribution in [1.29, 1.82) is 0 Å². The average Bonchev–Trinajstić information content (AvgIpc) is 2.65. The zero-order valence-corrected chi connectivity index (χ0v) is 8.02. The molecule has 14 heavy (non-hydrogen) atoms. The zero-order valence-electron chi connectivity index (χ0n) is 8.02. The molecule has 0 aliphatic heterocycles. The molecule has 0 spiro atoms. The van der Waals surface area contributed by atoms with Gasteiger partial charge in [0.25, 0.3) is 0 Å². The minimum absolute atomic E-state index is 0.169. The van der Waals surface area contributed by atoms with Crippen LogP contribution in [-0.4, -0.2) is 10.9 Å². The molecule has 1 aliphatic rings. The molecule has 0 amide bonds. The van der Waals surface area contributed by atoms with Crippen molar-refractivity contribution >= 4 is 5.78 Å². The molecule has 1 N–H and O–H groups in total. The minimum atomic E-state index is -0.605. The zero-order chi connectivity index (χ0) is 9.97. The molecule has 0 bridgehead atoms. The SMILES string of the molecule is O=C1CCC[C@@H]1[C@H](O)c1ccccc1. The summed E-state index contributed by atoms with van der Waals surface area (Å²) in [5.41, 5.74) is 0.854. The van der Waals surface area contributed by atoms with Gasteiger partial charge in [0, 0.05) is 12.3 Å². The Morgan fingerprint density at radius 3 is 2.57 bits per heavy atom. The van der Waals surface area contributed by atoms with Crippen molar-refractivity contribution in [2.24, 2.45) is 5.92 Å². The molecule has 1 aromatic carbocycles. The maximum Gasteiger partial charge on any atom is 0.138 e. The fourth-order valence-corrected chi connectivity index (χ4v) is 2.06. The third-order valence-electron chi connectivity index (χ3n) is 2.87. The van der Waals surface area contributed by atoms with E-state index in [-0.39, 0.29) is 11.7 Å². The summed E-state index contributed by atoms with van der Waals surface area (Å²) in [6.45, 7) is 0. The van der Waals surface area contributed by atoms with Crippen molar-refractivity contribution in [3.63, 3.8) is 0 Å². The van der Waals surface area contributed by atoms with Gasteiger partial charge in [0.15, 0.2) is 0 Å². The Morgan fingerprint density at radius 2 is 2.00 bits per heavy atom. The van der Waals surface area contributed by atoms with Gasteiger partial charge in [-0.3, -0.25) is 4.79 Å². The summed E-state index contributed by atoms with van der Waals surface area (Å²) < 4.78 is 0. The molecule has 0 saturated heterocycles.